The van der Waals surface area contributed by atoms with Gasteiger partial charge in [0.15, 0.2) is 0 Å². The van der Waals surface area contributed by atoms with E-state index in [9.17, 15) is 9.59 Å². The molecule has 0 aliphatic heterocycles. The molecule has 0 bridgehead atoms. The highest BCUT2D eigenvalue weighted by molar-refractivity contribution is 7.98. The second-order valence-electron chi connectivity index (χ2n) is 5.66. The van der Waals surface area contributed by atoms with Gasteiger partial charge in [-0.3, -0.25) is 10.1 Å². The number of carbonyl (C=O) groups is 2. The number of likely N-dealkylation sites (N-methyl/N-ethyl adjacent to an activating group) is 1. The quantitative estimate of drug-likeness (QED) is 0.578. The topological polar surface area (TPSA) is 100 Å². The van der Waals surface area contributed by atoms with Gasteiger partial charge in [0.05, 0.1) is 0 Å². The summed E-state index contributed by atoms with van der Waals surface area (Å²) in [6, 6.07) is 7.02. The van der Waals surface area contributed by atoms with Gasteiger partial charge in [-0.1, -0.05) is 35.5 Å². The fraction of sp³-hybridized carbons (Fsp3) is 0.312. The van der Waals surface area contributed by atoms with Crippen molar-refractivity contribution in [1.82, 2.24) is 14.6 Å². The summed E-state index contributed by atoms with van der Waals surface area (Å²) in [6.07, 6.45) is 0. The lowest BCUT2D eigenvalue weighted by Gasteiger charge is -2.11. The van der Waals surface area contributed by atoms with Crippen molar-refractivity contribution in [3.63, 3.8) is 0 Å². The van der Waals surface area contributed by atoms with Gasteiger partial charge < -0.3 is 16.0 Å². The van der Waals surface area contributed by atoms with Crippen LogP contribution < -0.4 is 16.4 Å². The fourth-order valence-electron chi connectivity index (χ4n) is 1.95. The Morgan fingerprint density at radius 2 is 2.00 bits per heavy atom. The van der Waals surface area contributed by atoms with E-state index >= 15 is 0 Å². The Bertz CT molecular complexity index is 765. The lowest BCUT2D eigenvalue weighted by atomic mass is 10.2. The molecule has 2 aromatic rings. The van der Waals surface area contributed by atoms with Crippen molar-refractivity contribution in [2.24, 2.45) is 5.73 Å². The van der Waals surface area contributed by atoms with E-state index in [1.807, 2.05) is 31.1 Å². The molecule has 3 amide bonds. The van der Waals surface area contributed by atoms with Gasteiger partial charge in [0, 0.05) is 23.9 Å². The zero-order valence-electron chi connectivity index (χ0n) is 14.4. The van der Waals surface area contributed by atoms with Gasteiger partial charge in [0.2, 0.25) is 0 Å². The first-order valence-corrected chi connectivity index (χ1v) is 9.87. The third-order valence-corrected chi connectivity index (χ3v) is 5.44. The zero-order valence-corrected chi connectivity index (χ0v) is 16.8. The van der Waals surface area contributed by atoms with E-state index in [0.717, 1.165) is 17.1 Å². The Morgan fingerprint density at radius 3 is 2.62 bits per heavy atom. The van der Waals surface area contributed by atoms with Crippen molar-refractivity contribution in [2.75, 3.05) is 32.5 Å². The number of nitrogens with zero attached hydrogens (tertiary/aromatic N) is 2. The number of nitrogens with two attached hydrogens (primary N) is 1. The average molecular weight is 414 g/mol. The lowest BCUT2D eigenvalue weighted by Crippen LogP contribution is -2.34. The highest BCUT2D eigenvalue weighted by atomic mass is 35.5. The van der Waals surface area contributed by atoms with E-state index in [4.69, 9.17) is 17.3 Å². The number of rotatable bonds is 8. The minimum absolute atomic E-state index is 0.233. The highest BCUT2D eigenvalue weighted by Gasteiger charge is 2.20. The number of urea groups is 1. The summed E-state index contributed by atoms with van der Waals surface area (Å²) < 4.78 is 4.26. The van der Waals surface area contributed by atoms with Gasteiger partial charge in [-0.2, -0.15) is 4.37 Å². The van der Waals surface area contributed by atoms with Crippen LogP contribution in [0.15, 0.2) is 29.3 Å². The van der Waals surface area contributed by atoms with Crippen LogP contribution in [-0.4, -0.2) is 48.4 Å². The molecule has 1 aromatic heterocycles. The van der Waals surface area contributed by atoms with E-state index in [0.29, 0.717) is 33.9 Å². The maximum atomic E-state index is 12.0. The van der Waals surface area contributed by atoms with Crippen molar-refractivity contribution < 1.29 is 9.59 Å². The molecular formula is C16H20ClN5O2S2. The second-order valence-corrected chi connectivity index (χ2v) is 7.83. The SMILES string of the molecule is CN(C)CCNC(=O)Nc1snc(SCc2ccc(Cl)cc2)c1C(N)=O. The van der Waals surface area contributed by atoms with Gasteiger partial charge in [0.25, 0.3) is 5.91 Å². The van der Waals surface area contributed by atoms with Crippen molar-refractivity contribution in [1.29, 1.82) is 0 Å². The summed E-state index contributed by atoms with van der Waals surface area (Å²) in [5.41, 5.74) is 6.76. The summed E-state index contributed by atoms with van der Waals surface area (Å²) in [4.78, 5) is 25.7. The molecule has 0 aliphatic carbocycles. The number of aromatic nitrogens is 1. The third kappa shape index (κ3) is 6.17. The predicted octanol–water partition coefficient (Wildman–Crippen LogP) is 2.87. The van der Waals surface area contributed by atoms with Crippen LogP contribution in [0.3, 0.4) is 0 Å². The first-order chi connectivity index (χ1) is 12.4. The number of benzene rings is 1. The number of anilines is 1. The smallest absolute Gasteiger partial charge is 0.319 e. The van der Waals surface area contributed by atoms with Gasteiger partial charge in [-0.05, 0) is 43.3 Å². The number of hydrogen-bond acceptors (Lipinski definition) is 6. The second kappa shape index (κ2) is 9.77. The molecule has 0 fully saturated rings. The highest BCUT2D eigenvalue weighted by Crippen LogP contribution is 2.33. The van der Waals surface area contributed by atoms with Crippen LogP contribution in [0.25, 0.3) is 0 Å². The molecule has 0 radical (unpaired) electrons. The molecule has 0 aliphatic rings. The van der Waals surface area contributed by atoms with E-state index in [1.54, 1.807) is 12.1 Å². The normalized spacial score (nSPS) is 10.8. The monoisotopic (exact) mass is 413 g/mol. The van der Waals surface area contributed by atoms with Crippen LogP contribution in [0.4, 0.5) is 9.80 Å². The van der Waals surface area contributed by atoms with Crippen LogP contribution in [0.1, 0.15) is 15.9 Å². The molecule has 4 N–H and O–H groups in total. The largest absolute Gasteiger partial charge is 0.365 e. The summed E-state index contributed by atoms with van der Waals surface area (Å²) in [7, 11) is 3.83. The molecule has 1 aromatic carbocycles. The fourth-order valence-corrected chi connectivity index (χ4v) is 4.00. The number of thioether (sulfide) groups is 1. The van der Waals surface area contributed by atoms with Gasteiger partial charge in [0.1, 0.15) is 15.6 Å². The number of nitrogens with one attached hydrogen (secondary N) is 2. The molecule has 0 spiro atoms. The summed E-state index contributed by atoms with van der Waals surface area (Å²) in [5, 5.41) is 6.87. The molecule has 0 saturated heterocycles. The molecule has 26 heavy (non-hydrogen) atoms. The summed E-state index contributed by atoms with van der Waals surface area (Å²) in [5.74, 6) is -0.0173. The van der Waals surface area contributed by atoms with Crippen LogP contribution in [0.2, 0.25) is 5.02 Å². The first-order valence-electron chi connectivity index (χ1n) is 7.73. The Hall–Kier alpha value is -1.81. The minimum Gasteiger partial charge on any atom is -0.365 e. The Labute approximate surface area is 165 Å². The number of halogens is 1. The van der Waals surface area contributed by atoms with Gasteiger partial charge >= 0.3 is 6.03 Å². The standard InChI is InChI=1S/C16H20ClN5O2S2/c1-22(2)8-7-19-16(24)20-14-12(13(18)23)15(21-26-14)25-9-10-3-5-11(17)6-4-10/h3-6H,7-9H2,1-2H3,(H2,18,23)(H2,19,20,24). The van der Waals surface area contributed by atoms with Crippen LogP contribution in [0.5, 0.6) is 0 Å². The molecule has 140 valence electrons. The Balaban J connectivity index is 2.01. The Morgan fingerprint density at radius 1 is 1.31 bits per heavy atom. The third-order valence-electron chi connectivity index (χ3n) is 3.27. The van der Waals surface area contributed by atoms with Crippen molar-refractivity contribution >= 4 is 51.8 Å². The molecule has 0 atom stereocenters. The van der Waals surface area contributed by atoms with Crippen LogP contribution in [0, 0.1) is 0 Å². The molecule has 0 saturated carbocycles. The minimum atomic E-state index is -0.624. The van der Waals surface area contributed by atoms with E-state index in [-0.39, 0.29) is 5.56 Å². The molecular weight excluding hydrogens is 394 g/mol. The first kappa shape index (κ1) is 20.5. The summed E-state index contributed by atoms with van der Waals surface area (Å²) in [6.45, 7) is 1.20. The van der Waals surface area contributed by atoms with Crippen molar-refractivity contribution in [2.45, 2.75) is 10.8 Å². The molecule has 10 heteroatoms. The predicted molar refractivity (Wildman–Crippen MR) is 107 cm³/mol. The molecule has 7 nitrogen and oxygen atoms in total. The molecule has 2 rings (SSSR count). The lowest BCUT2D eigenvalue weighted by molar-refractivity contribution is 0.0998. The van der Waals surface area contributed by atoms with Gasteiger partial charge in [-0.15, -0.1) is 0 Å². The maximum absolute atomic E-state index is 12.0. The van der Waals surface area contributed by atoms with Crippen LogP contribution >= 0.6 is 34.9 Å². The number of amides is 3. The average Bonchev–Trinajstić information content (AvgIpc) is 2.96. The van der Waals surface area contributed by atoms with E-state index in [2.05, 4.69) is 15.0 Å². The number of hydrogen-bond donors (Lipinski definition) is 3. The van der Waals surface area contributed by atoms with Gasteiger partial charge in [-0.25, -0.2) is 4.79 Å². The van der Waals surface area contributed by atoms with Crippen molar-refractivity contribution in [3.05, 3.63) is 40.4 Å². The summed E-state index contributed by atoms with van der Waals surface area (Å²) >= 11 is 8.29. The zero-order chi connectivity index (χ0) is 19.1. The van der Waals surface area contributed by atoms with Crippen molar-refractivity contribution in [3.8, 4) is 0 Å². The van der Waals surface area contributed by atoms with E-state index < -0.39 is 11.9 Å². The molecule has 1 heterocycles. The van der Waals surface area contributed by atoms with Crippen LogP contribution in [-0.2, 0) is 5.75 Å². The maximum Gasteiger partial charge on any atom is 0.319 e. The Kier molecular flexibility index (Phi) is 7.70. The number of primary amides is 1. The van der Waals surface area contributed by atoms with E-state index in [1.165, 1.54) is 11.8 Å². The molecule has 0 unspecified atom stereocenters. The number of carbonyl (C=O) groups excluding carboxylic acids is 2.